The van der Waals surface area contributed by atoms with E-state index in [0.717, 1.165) is 18.6 Å². The molecule has 2 unspecified atom stereocenters. The number of hydrogen-bond donors (Lipinski definition) is 2. The average molecular weight is 233 g/mol. The Labute approximate surface area is 92.6 Å². The lowest BCUT2D eigenvalue weighted by Gasteiger charge is -2.12. The van der Waals surface area contributed by atoms with Crippen LogP contribution in [0.5, 0.6) is 0 Å². The Balaban J connectivity index is 2.24. The number of nitrogens with one attached hydrogen (secondary N) is 1. The summed E-state index contributed by atoms with van der Waals surface area (Å²) >= 11 is 1.61. The van der Waals surface area contributed by atoms with Crippen LogP contribution in [0.15, 0.2) is 0 Å². The van der Waals surface area contributed by atoms with Gasteiger partial charge < -0.3 is 15.2 Å². The molecule has 2 N–H and O–H groups in total. The number of hydrogen-bond acceptors (Lipinski definition) is 5. The van der Waals surface area contributed by atoms with Crippen molar-refractivity contribution in [1.82, 2.24) is 5.32 Å². The molecular formula is C9H15NO4S. The number of aliphatic hydroxyl groups excluding tert-OH is 1. The highest BCUT2D eigenvalue weighted by atomic mass is 32.2. The standard InChI is InChI=1S/C9H15NO4S/c1-14-9(13)6(11)5-10-8(12)7-3-2-4-15-7/h6-7,11H,2-5H2,1H3,(H,10,12). The fraction of sp³-hybridized carbons (Fsp3) is 0.778. The molecule has 1 rings (SSSR count). The number of thioether (sulfide) groups is 1. The minimum Gasteiger partial charge on any atom is -0.467 e. The van der Waals surface area contributed by atoms with Crippen LogP contribution >= 0.6 is 11.8 Å². The maximum absolute atomic E-state index is 11.5. The van der Waals surface area contributed by atoms with Crippen LogP contribution in [0.25, 0.3) is 0 Å². The Morgan fingerprint density at radius 3 is 2.93 bits per heavy atom. The molecule has 5 nitrogen and oxygen atoms in total. The number of amides is 1. The predicted molar refractivity (Wildman–Crippen MR) is 56.5 cm³/mol. The van der Waals surface area contributed by atoms with Crippen molar-refractivity contribution in [2.75, 3.05) is 19.4 Å². The first-order chi connectivity index (χ1) is 7.15. The van der Waals surface area contributed by atoms with Crippen molar-refractivity contribution >= 4 is 23.6 Å². The average Bonchev–Trinajstić information content (AvgIpc) is 2.77. The Hall–Kier alpha value is -0.750. The molecule has 1 heterocycles. The zero-order valence-electron chi connectivity index (χ0n) is 8.56. The highest BCUT2D eigenvalue weighted by molar-refractivity contribution is 8.00. The Kier molecular flexibility index (Phi) is 4.90. The SMILES string of the molecule is COC(=O)C(O)CNC(=O)C1CCCS1. The van der Waals surface area contributed by atoms with E-state index in [4.69, 9.17) is 0 Å². The van der Waals surface area contributed by atoms with Gasteiger partial charge in [-0.05, 0) is 18.6 Å². The molecule has 2 atom stereocenters. The van der Waals surface area contributed by atoms with Gasteiger partial charge in [0.25, 0.3) is 0 Å². The van der Waals surface area contributed by atoms with E-state index in [1.165, 1.54) is 7.11 Å². The minimum absolute atomic E-state index is 0.0325. The summed E-state index contributed by atoms with van der Waals surface area (Å²) in [5.41, 5.74) is 0. The first-order valence-electron chi connectivity index (χ1n) is 4.80. The number of methoxy groups -OCH3 is 1. The summed E-state index contributed by atoms with van der Waals surface area (Å²) in [6.07, 6.45) is 0.637. The molecule has 1 fully saturated rings. The Bertz CT molecular complexity index is 240. The third-order valence-electron chi connectivity index (χ3n) is 2.17. The summed E-state index contributed by atoms with van der Waals surface area (Å²) in [6, 6.07) is 0. The lowest BCUT2D eigenvalue weighted by Crippen LogP contribution is -2.40. The van der Waals surface area contributed by atoms with Gasteiger partial charge >= 0.3 is 5.97 Å². The van der Waals surface area contributed by atoms with Gasteiger partial charge in [-0.25, -0.2) is 4.79 Å². The van der Waals surface area contributed by atoms with Gasteiger partial charge in [-0.1, -0.05) is 0 Å². The zero-order valence-corrected chi connectivity index (χ0v) is 9.38. The summed E-state index contributed by atoms with van der Waals surface area (Å²) in [5, 5.41) is 11.7. The molecule has 0 aromatic rings. The topological polar surface area (TPSA) is 75.6 Å². The fourth-order valence-electron chi connectivity index (χ4n) is 1.31. The third kappa shape index (κ3) is 3.71. The third-order valence-corrected chi connectivity index (χ3v) is 3.54. The molecule has 0 saturated carbocycles. The van der Waals surface area contributed by atoms with E-state index < -0.39 is 12.1 Å². The van der Waals surface area contributed by atoms with Crippen molar-refractivity contribution < 1.29 is 19.4 Å². The van der Waals surface area contributed by atoms with Crippen LogP contribution in [0, 0.1) is 0 Å². The molecule has 1 amide bonds. The summed E-state index contributed by atoms with van der Waals surface area (Å²) in [6.45, 7) is -0.0808. The molecule has 86 valence electrons. The number of rotatable bonds is 4. The van der Waals surface area contributed by atoms with E-state index in [0.29, 0.717) is 0 Å². The molecule has 0 spiro atoms. The highest BCUT2D eigenvalue weighted by Gasteiger charge is 2.24. The van der Waals surface area contributed by atoms with E-state index in [9.17, 15) is 14.7 Å². The molecule has 0 aliphatic carbocycles. The van der Waals surface area contributed by atoms with E-state index in [1.807, 2.05) is 0 Å². The molecule has 1 aliphatic rings. The number of ether oxygens (including phenoxy) is 1. The summed E-state index contributed by atoms with van der Waals surface area (Å²) in [7, 11) is 1.19. The second kappa shape index (κ2) is 5.97. The van der Waals surface area contributed by atoms with E-state index >= 15 is 0 Å². The number of esters is 1. The van der Waals surface area contributed by atoms with Crippen molar-refractivity contribution in [3.8, 4) is 0 Å². The van der Waals surface area contributed by atoms with Crippen LogP contribution in [-0.4, -0.2) is 47.7 Å². The molecule has 0 aromatic heterocycles. The van der Waals surface area contributed by atoms with Crippen molar-refractivity contribution in [2.24, 2.45) is 0 Å². The summed E-state index contributed by atoms with van der Waals surface area (Å²) in [4.78, 5) is 22.3. The Morgan fingerprint density at radius 2 is 2.40 bits per heavy atom. The molecule has 1 aliphatic heterocycles. The molecular weight excluding hydrogens is 218 g/mol. The maximum atomic E-state index is 11.5. The molecule has 0 bridgehead atoms. The lowest BCUT2D eigenvalue weighted by atomic mass is 10.2. The number of aliphatic hydroxyl groups is 1. The second-order valence-electron chi connectivity index (χ2n) is 3.29. The largest absolute Gasteiger partial charge is 0.467 e. The van der Waals surface area contributed by atoms with E-state index in [1.54, 1.807) is 11.8 Å². The van der Waals surface area contributed by atoms with Crippen LogP contribution < -0.4 is 5.32 Å². The predicted octanol–water partition coefficient (Wildman–Crippen LogP) is -0.468. The molecule has 0 radical (unpaired) electrons. The molecule has 1 saturated heterocycles. The van der Waals surface area contributed by atoms with Crippen LogP contribution in [0.2, 0.25) is 0 Å². The lowest BCUT2D eigenvalue weighted by molar-refractivity contribution is -0.150. The van der Waals surface area contributed by atoms with E-state index in [-0.39, 0.29) is 17.7 Å². The first kappa shape index (κ1) is 12.3. The quantitative estimate of drug-likeness (QED) is 0.642. The number of carbonyl (C=O) groups excluding carboxylic acids is 2. The molecule has 6 heteroatoms. The van der Waals surface area contributed by atoms with Crippen LogP contribution in [0.3, 0.4) is 0 Å². The highest BCUT2D eigenvalue weighted by Crippen LogP contribution is 2.25. The molecule has 15 heavy (non-hydrogen) atoms. The van der Waals surface area contributed by atoms with Crippen LogP contribution in [0.1, 0.15) is 12.8 Å². The minimum atomic E-state index is -1.27. The van der Waals surface area contributed by atoms with Gasteiger partial charge in [0, 0.05) is 0 Å². The van der Waals surface area contributed by atoms with Crippen molar-refractivity contribution in [2.45, 2.75) is 24.2 Å². The zero-order chi connectivity index (χ0) is 11.3. The summed E-state index contributed by atoms with van der Waals surface area (Å²) < 4.78 is 4.32. The van der Waals surface area contributed by atoms with Crippen molar-refractivity contribution in [3.63, 3.8) is 0 Å². The van der Waals surface area contributed by atoms with Gasteiger partial charge in [-0.3, -0.25) is 4.79 Å². The first-order valence-corrected chi connectivity index (χ1v) is 5.85. The summed E-state index contributed by atoms with van der Waals surface area (Å²) in [5.74, 6) is 0.160. The second-order valence-corrected chi connectivity index (χ2v) is 4.60. The smallest absolute Gasteiger partial charge is 0.336 e. The van der Waals surface area contributed by atoms with Gasteiger partial charge in [0.2, 0.25) is 5.91 Å². The maximum Gasteiger partial charge on any atom is 0.336 e. The van der Waals surface area contributed by atoms with Crippen LogP contribution in [0.4, 0.5) is 0 Å². The van der Waals surface area contributed by atoms with Gasteiger partial charge in [-0.15, -0.1) is 11.8 Å². The van der Waals surface area contributed by atoms with Crippen LogP contribution in [-0.2, 0) is 14.3 Å². The Morgan fingerprint density at radius 1 is 1.67 bits per heavy atom. The number of carbonyl (C=O) groups is 2. The fourth-order valence-corrected chi connectivity index (χ4v) is 2.50. The van der Waals surface area contributed by atoms with E-state index in [2.05, 4.69) is 10.1 Å². The molecule has 0 aromatic carbocycles. The van der Waals surface area contributed by atoms with Gasteiger partial charge in [0.1, 0.15) is 0 Å². The normalized spacial score (nSPS) is 22.1. The monoisotopic (exact) mass is 233 g/mol. The van der Waals surface area contributed by atoms with Gasteiger partial charge in [0.05, 0.1) is 18.9 Å². The van der Waals surface area contributed by atoms with Gasteiger partial charge in [-0.2, -0.15) is 0 Å². The van der Waals surface area contributed by atoms with Gasteiger partial charge in [0.15, 0.2) is 6.10 Å². The van der Waals surface area contributed by atoms with Crippen molar-refractivity contribution in [1.29, 1.82) is 0 Å². The van der Waals surface area contributed by atoms with Crippen molar-refractivity contribution in [3.05, 3.63) is 0 Å².